The van der Waals surface area contributed by atoms with Gasteiger partial charge in [-0.2, -0.15) is 0 Å². The zero-order valence-corrected chi connectivity index (χ0v) is 25.4. The van der Waals surface area contributed by atoms with Crippen LogP contribution in [0.25, 0.3) is 0 Å². The van der Waals surface area contributed by atoms with Crippen molar-refractivity contribution in [1.82, 2.24) is 10.2 Å². The summed E-state index contributed by atoms with van der Waals surface area (Å²) in [5.74, 6) is 0.441. The molecule has 9 nitrogen and oxygen atoms in total. The third-order valence-electron chi connectivity index (χ3n) is 6.39. The molecule has 3 aromatic rings. The van der Waals surface area contributed by atoms with Gasteiger partial charge in [0.15, 0.2) is 0 Å². The van der Waals surface area contributed by atoms with Gasteiger partial charge in [0.05, 0.1) is 24.8 Å². The number of hydrogen-bond acceptors (Lipinski definition) is 6. The first kappa shape index (κ1) is 31.8. The van der Waals surface area contributed by atoms with E-state index in [0.29, 0.717) is 23.1 Å². The van der Waals surface area contributed by atoms with Gasteiger partial charge in [0.1, 0.15) is 24.1 Å². The van der Waals surface area contributed by atoms with Crippen molar-refractivity contribution in [2.24, 2.45) is 5.92 Å². The third-order valence-corrected chi connectivity index (χ3v) is 8.41. The molecule has 0 aliphatic carbocycles. The first-order chi connectivity index (χ1) is 19.5. The summed E-state index contributed by atoms with van der Waals surface area (Å²) < 4.78 is 39.2. The monoisotopic (exact) mass is 601 g/mol. The van der Waals surface area contributed by atoms with E-state index in [1.165, 1.54) is 42.3 Å². The molecule has 0 aliphatic heterocycles. The maximum absolute atomic E-state index is 14.0. The van der Waals surface area contributed by atoms with E-state index in [2.05, 4.69) is 5.32 Å². The summed E-state index contributed by atoms with van der Waals surface area (Å²) in [4.78, 5) is 28.4. The lowest BCUT2D eigenvalue weighted by Gasteiger charge is -2.32. The standard InChI is InChI=1S/C30H36ClN3O6S/c1-21(2)18-32-30(36)22(3)33(19-23-9-11-26(39-4)12-10-23)29(35)20-34(25-8-6-7-24(31)17-25)41(37,38)28-15-13-27(40-5)14-16-28/h6-17,21-22H,18-20H2,1-5H3,(H,32,36)/t22-/m1/s1. The lowest BCUT2D eigenvalue weighted by atomic mass is 10.1. The van der Waals surface area contributed by atoms with Crippen LogP contribution in [0.5, 0.6) is 11.5 Å². The van der Waals surface area contributed by atoms with E-state index < -0.39 is 28.5 Å². The van der Waals surface area contributed by atoms with E-state index in [1.54, 1.807) is 56.5 Å². The van der Waals surface area contributed by atoms with E-state index >= 15 is 0 Å². The summed E-state index contributed by atoms with van der Waals surface area (Å²) in [5, 5.41) is 3.17. The van der Waals surface area contributed by atoms with Crippen LogP contribution in [0.1, 0.15) is 26.3 Å². The van der Waals surface area contributed by atoms with Crippen molar-refractivity contribution < 1.29 is 27.5 Å². The van der Waals surface area contributed by atoms with Crippen molar-refractivity contribution in [3.05, 3.63) is 83.4 Å². The number of sulfonamides is 1. The fourth-order valence-corrected chi connectivity index (χ4v) is 5.59. The van der Waals surface area contributed by atoms with Gasteiger partial charge >= 0.3 is 0 Å². The van der Waals surface area contributed by atoms with Gasteiger partial charge in [-0.3, -0.25) is 13.9 Å². The van der Waals surface area contributed by atoms with Crippen LogP contribution in [0.15, 0.2) is 77.7 Å². The molecule has 11 heteroatoms. The van der Waals surface area contributed by atoms with E-state index in [-0.39, 0.29) is 29.0 Å². The second-order valence-corrected chi connectivity index (χ2v) is 12.2. The topological polar surface area (TPSA) is 105 Å². The number of amides is 2. The smallest absolute Gasteiger partial charge is 0.264 e. The van der Waals surface area contributed by atoms with Gasteiger partial charge in [-0.05, 0) is 73.0 Å². The van der Waals surface area contributed by atoms with Crippen LogP contribution in [0.3, 0.4) is 0 Å². The number of nitrogens with one attached hydrogen (secondary N) is 1. The van der Waals surface area contributed by atoms with Crippen molar-refractivity contribution in [1.29, 1.82) is 0 Å². The highest BCUT2D eigenvalue weighted by Crippen LogP contribution is 2.28. The highest BCUT2D eigenvalue weighted by molar-refractivity contribution is 7.92. The minimum absolute atomic E-state index is 0.0319. The maximum Gasteiger partial charge on any atom is 0.264 e. The predicted octanol–water partition coefficient (Wildman–Crippen LogP) is 4.74. The number of carbonyl (C=O) groups is 2. The number of carbonyl (C=O) groups excluding carboxylic acids is 2. The van der Waals surface area contributed by atoms with E-state index in [1.807, 2.05) is 13.8 Å². The average Bonchev–Trinajstić information content (AvgIpc) is 2.97. The molecule has 0 heterocycles. The molecule has 0 spiro atoms. The molecule has 0 bridgehead atoms. The Labute approximate surface area is 247 Å². The molecule has 2 amide bonds. The van der Waals surface area contributed by atoms with Gasteiger partial charge in [0.2, 0.25) is 11.8 Å². The highest BCUT2D eigenvalue weighted by Gasteiger charge is 2.32. The van der Waals surface area contributed by atoms with Crippen molar-refractivity contribution in [2.45, 2.75) is 38.3 Å². The number of rotatable bonds is 13. The summed E-state index contributed by atoms with van der Waals surface area (Å²) >= 11 is 6.21. The molecule has 3 aromatic carbocycles. The molecule has 0 radical (unpaired) electrons. The normalized spacial score (nSPS) is 12.0. The average molecular weight is 602 g/mol. The Kier molecular flexibility index (Phi) is 11.0. The molecule has 0 unspecified atom stereocenters. The first-order valence-electron chi connectivity index (χ1n) is 13.1. The second kappa shape index (κ2) is 14.2. The van der Waals surface area contributed by atoms with Crippen LogP contribution in [0.4, 0.5) is 5.69 Å². The SMILES string of the molecule is COc1ccc(CN(C(=O)CN(c2cccc(Cl)c2)S(=O)(=O)c2ccc(OC)cc2)[C@H](C)C(=O)NCC(C)C)cc1. The zero-order chi connectivity index (χ0) is 30.2. The van der Waals surface area contributed by atoms with Gasteiger partial charge in [-0.25, -0.2) is 8.42 Å². The summed E-state index contributed by atoms with van der Waals surface area (Å²) in [6, 6.07) is 18.4. The molecule has 1 atom stereocenters. The fourth-order valence-electron chi connectivity index (χ4n) is 4.00. The molecule has 41 heavy (non-hydrogen) atoms. The Balaban J connectivity index is 2.01. The predicted molar refractivity (Wildman–Crippen MR) is 160 cm³/mol. The molecule has 0 aliphatic rings. The Morgan fingerprint density at radius 1 is 0.902 bits per heavy atom. The van der Waals surface area contributed by atoms with Crippen LogP contribution in [-0.4, -0.2) is 58.5 Å². The van der Waals surface area contributed by atoms with E-state index in [9.17, 15) is 18.0 Å². The number of halogens is 1. The number of hydrogen-bond donors (Lipinski definition) is 1. The molecular weight excluding hydrogens is 566 g/mol. The van der Waals surface area contributed by atoms with Crippen molar-refractivity contribution in [3.63, 3.8) is 0 Å². The highest BCUT2D eigenvalue weighted by atomic mass is 35.5. The minimum atomic E-state index is -4.22. The lowest BCUT2D eigenvalue weighted by molar-refractivity contribution is -0.139. The Hall–Kier alpha value is -3.76. The van der Waals surface area contributed by atoms with Crippen molar-refractivity contribution in [2.75, 3.05) is 31.6 Å². The first-order valence-corrected chi connectivity index (χ1v) is 14.9. The zero-order valence-electron chi connectivity index (χ0n) is 23.8. The van der Waals surface area contributed by atoms with Gasteiger partial charge in [0.25, 0.3) is 10.0 Å². The number of benzene rings is 3. The number of methoxy groups -OCH3 is 2. The third kappa shape index (κ3) is 8.37. The Morgan fingerprint density at radius 2 is 1.49 bits per heavy atom. The van der Waals surface area contributed by atoms with Crippen molar-refractivity contribution in [3.8, 4) is 11.5 Å². The van der Waals surface area contributed by atoms with E-state index in [4.69, 9.17) is 21.1 Å². The number of anilines is 1. The number of nitrogens with zero attached hydrogens (tertiary/aromatic N) is 2. The van der Waals surface area contributed by atoms with Crippen LogP contribution >= 0.6 is 11.6 Å². The van der Waals surface area contributed by atoms with Crippen LogP contribution < -0.4 is 19.1 Å². The molecule has 0 saturated carbocycles. The van der Waals surface area contributed by atoms with Crippen LogP contribution in [0, 0.1) is 5.92 Å². The van der Waals surface area contributed by atoms with Crippen molar-refractivity contribution >= 4 is 39.1 Å². The summed E-state index contributed by atoms with van der Waals surface area (Å²) in [6.45, 7) is 5.51. The Morgan fingerprint density at radius 3 is 2.02 bits per heavy atom. The molecular formula is C30H36ClN3O6S. The van der Waals surface area contributed by atoms with Gasteiger partial charge in [-0.15, -0.1) is 0 Å². The molecule has 0 saturated heterocycles. The summed E-state index contributed by atoms with van der Waals surface area (Å²) in [7, 11) is -1.18. The fraction of sp³-hybridized carbons (Fsp3) is 0.333. The molecule has 220 valence electrons. The Bertz CT molecular complexity index is 1430. The summed E-state index contributed by atoms with van der Waals surface area (Å²) in [5.41, 5.74) is 0.956. The van der Waals surface area contributed by atoms with Gasteiger partial charge in [0, 0.05) is 18.1 Å². The quantitative estimate of drug-likeness (QED) is 0.303. The van der Waals surface area contributed by atoms with E-state index in [0.717, 1.165) is 9.87 Å². The van der Waals surface area contributed by atoms with Gasteiger partial charge < -0.3 is 19.7 Å². The second-order valence-electron chi connectivity index (χ2n) is 9.85. The molecule has 1 N–H and O–H groups in total. The van der Waals surface area contributed by atoms with Crippen LogP contribution in [0.2, 0.25) is 5.02 Å². The minimum Gasteiger partial charge on any atom is -0.497 e. The number of ether oxygens (including phenoxy) is 2. The largest absolute Gasteiger partial charge is 0.497 e. The molecule has 0 aromatic heterocycles. The van der Waals surface area contributed by atoms with Crippen LogP contribution in [-0.2, 0) is 26.2 Å². The van der Waals surface area contributed by atoms with Gasteiger partial charge in [-0.1, -0.05) is 43.6 Å². The molecule has 0 fully saturated rings. The lowest BCUT2D eigenvalue weighted by Crippen LogP contribution is -2.51. The molecule has 3 rings (SSSR count). The summed E-state index contributed by atoms with van der Waals surface area (Å²) in [6.07, 6.45) is 0. The maximum atomic E-state index is 14.0.